The van der Waals surface area contributed by atoms with Crippen molar-refractivity contribution in [1.29, 1.82) is 0 Å². The van der Waals surface area contributed by atoms with E-state index in [1.165, 1.54) is 23.1 Å². The fourth-order valence-corrected chi connectivity index (χ4v) is 2.59. The Kier molecular flexibility index (Phi) is 5.82. The van der Waals surface area contributed by atoms with Gasteiger partial charge in [-0.3, -0.25) is 0 Å². The van der Waals surface area contributed by atoms with E-state index in [0.717, 1.165) is 19.4 Å². The zero-order valence-corrected chi connectivity index (χ0v) is 12.6. The average molecular weight is 267 g/mol. The van der Waals surface area contributed by atoms with Gasteiger partial charge in [0.25, 0.3) is 0 Å². The second-order valence-corrected chi connectivity index (χ2v) is 5.53. The van der Waals surface area contributed by atoms with Gasteiger partial charge in [0.15, 0.2) is 0 Å². The van der Waals surface area contributed by atoms with Crippen LogP contribution < -0.4 is 5.32 Å². The van der Waals surface area contributed by atoms with Crippen LogP contribution >= 0.6 is 0 Å². The third-order valence-corrected chi connectivity index (χ3v) is 3.57. The average Bonchev–Trinajstić information content (AvgIpc) is 2.46. The van der Waals surface area contributed by atoms with Crippen molar-refractivity contribution in [3.8, 4) is 0 Å². The quantitative estimate of drug-likeness (QED) is 0.794. The molecular weight excluding hydrogens is 242 g/mol. The molecule has 1 heteroatoms. The maximum atomic E-state index is 3.69. The zero-order chi connectivity index (χ0) is 14.2. The monoisotopic (exact) mass is 267 g/mol. The highest BCUT2D eigenvalue weighted by Crippen LogP contribution is 2.11. The standard InChI is InChI=1S/C19H25N/c1-3-12-20-19(14-17-9-5-4-6-10-17)15-18-11-7-8-16(2)13-18/h4-11,13,19-20H,3,12,14-15H2,1-2H3. The van der Waals surface area contributed by atoms with Gasteiger partial charge >= 0.3 is 0 Å². The maximum absolute atomic E-state index is 3.69. The number of nitrogens with one attached hydrogen (secondary N) is 1. The van der Waals surface area contributed by atoms with E-state index in [4.69, 9.17) is 0 Å². The Morgan fingerprint density at radius 2 is 1.60 bits per heavy atom. The van der Waals surface area contributed by atoms with Crippen LogP contribution in [0.15, 0.2) is 54.6 Å². The molecule has 0 aromatic heterocycles. The lowest BCUT2D eigenvalue weighted by atomic mass is 9.98. The van der Waals surface area contributed by atoms with E-state index in [1.807, 2.05) is 0 Å². The van der Waals surface area contributed by atoms with Gasteiger partial charge in [0.1, 0.15) is 0 Å². The molecule has 1 N–H and O–H groups in total. The normalized spacial score (nSPS) is 12.3. The summed E-state index contributed by atoms with van der Waals surface area (Å²) in [7, 11) is 0. The fourth-order valence-electron chi connectivity index (χ4n) is 2.59. The van der Waals surface area contributed by atoms with E-state index in [-0.39, 0.29) is 0 Å². The lowest BCUT2D eigenvalue weighted by Crippen LogP contribution is -2.33. The molecule has 1 nitrogen and oxygen atoms in total. The molecule has 2 aromatic rings. The first kappa shape index (κ1) is 14.8. The Bertz CT molecular complexity index is 504. The molecule has 106 valence electrons. The summed E-state index contributed by atoms with van der Waals surface area (Å²) in [5, 5.41) is 3.69. The highest BCUT2D eigenvalue weighted by atomic mass is 14.9. The highest BCUT2D eigenvalue weighted by Gasteiger charge is 2.09. The number of hydrogen-bond acceptors (Lipinski definition) is 1. The van der Waals surface area contributed by atoms with Crippen LogP contribution in [0.1, 0.15) is 30.0 Å². The predicted molar refractivity (Wildman–Crippen MR) is 87.1 cm³/mol. The van der Waals surface area contributed by atoms with Crippen molar-refractivity contribution >= 4 is 0 Å². The van der Waals surface area contributed by atoms with Gasteiger partial charge < -0.3 is 5.32 Å². The molecule has 20 heavy (non-hydrogen) atoms. The molecule has 2 rings (SSSR count). The van der Waals surface area contributed by atoms with Crippen LogP contribution in [0.4, 0.5) is 0 Å². The molecule has 0 saturated heterocycles. The molecule has 0 fully saturated rings. The van der Waals surface area contributed by atoms with E-state index in [9.17, 15) is 0 Å². The highest BCUT2D eigenvalue weighted by molar-refractivity contribution is 5.24. The Balaban J connectivity index is 2.03. The summed E-state index contributed by atoms with van der Waals surface area (Å²) < 4.78 is 0. The number of benzene rings is 2. The molecular formula is C19H25N. The SMILES string of the molecule is CCCNC(Cc1ccccc1)Cc1cccc(C)c1. The zero-order valence-electron chi connectivity index (χ0n) is 12.6. The summed E-state index contributed by atoms with van der Waals surface area (Å²) in [5.41, 5.74) is 4.18. The molecule has 0 aliphatic heterocycles. The minimum atomic E-state index is 0.513. The van der Waals surface area contributed by atoms with Gasteiger partial charge in [-0.2, -0.15) is 0 Å². The molecule has 1 atom stereocenters. The topological polar surface area (TPSA) is 12.0 Å². The maximum Gasteiger partial charge on any atom is 0.0148 e. The fraction of sp³-hybridized carbons (Fsp3) is 0.368. The van der Waals surface area contributed by atoms with Crippen molar-refractivity contribution in [2.75, 3.05) is 6.54 Å². The molecule has 0 radical (unpaired) electrons. The molecule has 1 unspecified atom stereocenters. The number of aryl methyl sites for hydroxylation is 1. The lowest BCUT2D eigenvalue weighted by Gasteiger charge is -2.19. The molecule has 0 saturated carbocycles. The first-order valence-corrected chi connectivity index (χ1v) is 7.60. The first-order valence-electron chi connectivity index (χ1n) is 7.60. The van der Waals surface area contributed by atoms with Gasteiger partial charge in [0.2, 0.25) is 0 Å². The third kappa shape index (κ3) is 4.82. The van der Waals surface area contributed by atoms with Crippen molar-refractivity contribution in [2.24, 2.45) is 0 Å². The summed E-state index contributed by atoms with van der Waals surface area (Å²) in [6.45, 7) is 5.47. The Morgan fingerprint density at radius 3 is 2.30 bits per heavy atom. The molecule has 0 bridgehead atoms. The minimum Gasteiger partial charge on any atom is -0.313 e. The van der Waals surface area contributed by atoms with Crippen molar-refractivity contribution in [3.63, 3.8) is 0 Å². The molecule has 2 aromatic carbocycles. The van der Waals surface area contributed by atoms with Crippen molar-refractivity contribution < 1.29 is 0 Å². The Labute approximate surface area is 123 Å². The third-order valence-electron chi connectivity index (χ3n) is 3.57. The van der Waals surface area contributed by atoms with E-state index < -0.39 is 0 Å². The van der Waals surface area contributed by atoms with E-state index in [2.05, 4.69) is 73.8 Å². The summed E-state index contributed by atoms with van der Waals surface area (Å²) in [6.07, 6.45) is 3.37. The molecule has 0 aliphatic rings. The number of rotatable bonds is 7. The van der Waals surface area contributed by atoms with Gasteiger partial charge in [-0.25, -0.2) is 0 Å². The van der Waals surface area contributed by atoms with Crippen LogP contribution in [0.2, 0.25) is 0 Å². The Morgan fingerprint density at radius 1 is 0.900 bits per heavy atom. The van der Waals surface area contributed by atoms with Crippen molar-refractivity contribution in [3.05, 3.63) is 71.3 Å². The van der Waals surface area contributed by atoms with E-state index in [1.54, 1.807) is 0 Å². The second kappa shape index (κ2) is 7.86. The van der Waals surface area contributed by atoms with Crippen LogP contribution in [0, 0.1) is 6.92 Å². The van der Waals surface area contributed by atoms with Crippen molar-refractivity contribution in [1.82, 2.24) is 5.32 Å². The Hall–Kier alpha value is -1.60. The van der Waals surface area contributed by atoms with Crippen LogP contribution in [-0.2, 0) is 12.8 Å². The predicted octanol–water partition coefficient (Wildman–Crippen LogP) is 4.15. The summed E-state index contributed by atoms with van der Waals surface area (Å²) in [6, 6.07) is 20.1. The second-order valence-electron chi connectivity index (χ2n) is 5.53. The smallest absolute Gasteiger partial charge is 0.0148 e. The summed E-state index contributed by atoms with van der Waals surface area (Å²) in [4.78, 5) is 0. The van der Waals surface area contributed by atoms with Crippen LogP contribution in [0.5, 0.6) is 0 Å². The number of hydrogen-bond donors (Lipinski definition) is 1. The van der Waals surface area contributed by atoms with Crippen molar-refractivity contribution in [2.45, 2.75) is 39.2 Å². The van der Waals surface area contributed by atoms with Crippen LogP contribution in [0.25, 0.3) is 0 Å². The summed E-state index contributed by atoms with van der Waals surface area (Å²) in [5.74, 6) is 0. The largest absolute Gasteiger partial charge is 0.313 e. The van der Waals surface area contributed by atoms with E-state index in [0.29, 0.717) is 6.04 Å². The van der Waals surface area contributed by atoms with Gasteiger partial charge in [0, 0.05) is 6.04 Å². The molecule has 0 aliphatic carbocycles. The summed E-state index contributed by atoms with van der Waals surface area (Å²) >= 11 is 0. The van der Waals surface area contributed by atoms with Gasteiger partial charge in [-0.1, -0.05) is 67.1 Å². The van der Waals surface area contributed by atoms with Gasteiger partial charge in [0.05, 0.1) is 0 Å². The minimum absolute atomic E-state index is 0.513. The van der Waals surface area contributed by atoms with E-state index >= 15 is 0 Å². The molecule has 0 amide bonds. The van der Waals surface area contributed by atoms with Crippen LogP contribution in [-0.4, -0.2) is 12.6 Å². The van der Waals surface area contributed by atoms with Crippen LogP contribution in [0.3, 0.4) is 0 Å². The molecule has 0 heterocycles. The lowest BCUT2D eigenvalue weighted by molar-refractivity contribution is 0.504. The first-order chi connectivity index (χ1) is 9.78. The van der Waals surface area contributed by atoms with Gasteiger partial charge in [-0.15, -0.1) is 0 Å². The van der Waals surface area contributed by atoms with Gasteiger partial charge in [-0.05, 0) is 43.9 Å². The molecule has 0 spiro atoms.